The molecule has 2 aromatic carbocycles. The summed E-state index contributed by atoms with van der Waals surface area (Å²) in [6.07, 6.45) is 2.43. The second-order valence-electron chi connectivity index (χ2n) is 6.12. The number of aromatic nitrogens is 2. The average Bonchev–Trinajstić information content (AvgIpc) is 3.46. The minimum atomic E-state index is 0.554. The van der Waals surface area contributed by atoms with E-state index in [1.807, 2.05) is 54.4 Å². The Morgan fingerprint density at radius 1 is 0.917 bits per heavy atom. The third kappa shape index (κ3) is 3.23. The van der Waals surface area contributed by atoms with Crippen LogP contribution in [0.25, 0.3) is 11.3 Å². The fourth-order valence-corrected chi connectivity index (χ4v) is 2.62. The Morgan fingerprint density at radius 3 is 2.25 bits per heavy atom. The van der Waals surface area contributed by atoms with Gasteiger partial charge in [-0.05, 0) is 25.0 Å². The van der Waals surface area contributed by atoms with Crippen LogP contribution in [0.15, 0.2) is 66.7 Å². The minimum absolute atomic E-state index is 0.554. The number of nitrogens with one attached hydrogen (secondary N) is 1. The van der Waals surface area contributed by atoms with Crippen molar-refractivity contribution in [3.8, 4) is 11.3 Å². The van der Waals surface area contributed by atoms with E-state index < -0.39 is 0 Å². The summed E-state index contributed by atoms with van der Waals surface area (Å²) >= 11 is 0. The number of anilines is 3. The van der Waals surface area contributed by atoms with Crippen molar-refractivity contribution >= 4 is 17.5 Å². The maximum absolute atomic E-state index is 4.78. The van der Waals surface area contributed by atoms with Crippen molar-refractivity contribution in [3.05, 3.63) is 66.7 Å². The second-order valence-corrected chi connectivity index (χ2v) is 6.12. The van der Waals surface area contributed by atoms with E-state index >= 15 is 0 Å². The van der Waals surface area contributed by atoms with Crippen LogP contribution in [0, 0.1) is 0 Å². The van der Waals surface area contributed by atoms with E-state index in [1.165, 1.54) is 12.8 Å². The smallest absolute Gasteiger partial charge is 0.232 e. The van der Waals surface area contributed by atoms with Crippen LogP contribution in [0.1, 0.15) is 12.8 Å². The number of hydrogen-bond donors (Lipinski definition) is 1. The minimum Gasteiger partial charge on any atom is -0.367 e. The van der Waals surface area contributed by atoms with Gasteiger partial charge >= 0.3 is 0 Å². The molecule has 1 fully saturated rings. The summed E-state index contributed by atoms with van der Waals surface area (Å²) in [5.41, 5.74) is 3.10. The zero-order chi connectivity index (χ0) is 16.4. The van der Waals surface area contributed by atoms with Crippen molar-refractivity contribution in [1.82, 2.24) is 9.97 Å². The lowest BCUT2D eigenvalue weighted by atomic mass is 10.1. The molecule has 1 aromatic heterocycles. The molecule has 3 aromatic rings. The standard InChI is InChI=1S/C20H20N4/c1-24(17-10-6-3-7-11-17)20-22-18(15-8-4-2-5-9-15)14-19(23-20)21-16-12-13-16/h2-11,14,16H,12-13H2,1H3,(H,21,22,23). The van der Waals surface area contributed by atoms with Gasteiger partial charge in [-0.3, -0.25) is 0 Å². The van der Waals surface area contributed by atoms with E-state index in [-0.39, 0.29) is 0 Å². The largest absolute Gasteiger partial charge is 0.367 e. The Balaban J connectivity index is 1.74. The molecule has 0 bridgehead atoms. The Hall–Kier alpha value is -2.88. The number of nitrogens with zero attached hydrogens (tertiary/aromatic N) is 3. The predicted octanol–water partition coefficient (Wildman–Crippen LogP) is 4.49. The Labute approximate surface area is 142 Å². The molecule has 120 valence electrons. The predicted molar refractivity (Wildman–Crippen MR) is 98.6 cm³/mol. The van der Waals surface area contributed by atoms with Crippen LogP contribution in [0.5, 0.6) is 0 Å². The van der Waals surface area contributed by atoms with Crippen molar-refractivity contribution in [3.63, 3.8) is 0 Å². The van der Waals surface area contributed by atoms with Crippen LogP contribution in [-0.4, -0.2) is 23.1 Å². The molecule has 1 aliphatic carbocycles. The van der Waals surface area contributed by atoms with E-state index in [9.17, 15) is 0 Å². The van der Waals surface area contributed by atoms with E-state index in [0.717, 1.165) is 22.8 Å². The molecule has 0 saturated heterocycles. The highest BCUT2D eigenvalue weighted by Gasteiger charge is 2.22. The highest BCUT2D eigenvalue weighted by atomic mass is 15.3. The molecule has 1 saturated carbocycles. The van der Waals surface area contributed by atoms with E-state index in [0.29, 0.717) is 12.0 Å². The Kier molecular flexibility index (Phi) is 3.87. The fourth-order valence-electron chi connectivity index (χ4n) is 2.62. The van der Waals surface area contributed by atoms with Gasteiger partial charge in [-0.15, -0.1) is 0 Å². The van der Waals surface area contributed by atoms with Crippen molar-refractivity contribution < 1.29 is 0 Å². The van der Waals surface area contributed by atoms with Crippen molar-refractivity contribution in [1.29, 1.82) is 0 Å². The highest BCUT2D eigenvalue weighted by molar-refractivity contribution is 5.67. The highest BCUT2D eigenvalue weighted by Crippen LogP contribution is 2.29. The zero-order valence-electron chi connectivity index (χ0n) is 13.7. The lowest BCUT2D eigenvalue weighted by Crippen LogP contribution is -2.15. The van der Waals surface area contributed by atoms with E-state index in [2.05, 4.69) is 29.6 Å². The molecule has 4 rings (SSSR count). The zero-order valence-corrected chi connectivity index (χ0v) is 13.7. The quantitative estimate of drug-likeness (QED) is 0.753. The SMILES string of the molecule is CN(c1ccccc1)c1nc(NC2CC2)cc(-c2ccccc2)n1. The lowest BCUT2D eigenvalue weighted by molar-refractivity contribution is 1.02. The van der Waals surface area contributed by atoms with Gasteiger partial charge in [-0.2, -0.15) is 4.98 Å². The first-order valence-corrected chi connectivity index (χ1v) is 8.29. The van der Waals surface area contributed by atoms with Gasteiger partial charge in [0.05, 0.1) is 5.69 Å². The van der Waals surface area contributed by atoms with Gasteiger partial charge in [0.15, 0.2) is 0 Å². The van der Waals surface area contributed by atoms with Crippen LogP contribution in [0.2, 0.25) is 0 Å². The maximum Gasteiger partial charge on any atom is 0.232 e. The molecule has 4 heteroatoms. The number of benzene rings is 2. The molecule has 0 atom stereocenters. The second kappa shape index (κ2) is 6.32. The molecule has 0 unspecified atom stereocenters. The van der Waals surface area contributed by atoms with Crippen molar-refractivity contribution in [2.75, 3.05) is 17.3 Å². The molecule has 1 heterocycles. The third-order valence-electron chi connectivity index (χ3n) is 4.16. The molecule has 4 nitrogen and oxygen atoms in total. The lowest BCUT2D eigenvalue weighted by Gasteiger charge is -2.19. The molecular weight excluding hydrogens is 296 g/mol. The van der Waals surface area contributed by atoms with Crippen molar-refractivity contribution in [2.24, 2.45) is 0 Å². The van der Waals surface area contributed by atoms with Gasteiger partial charge in [0.2, 0.25) is 5.95 Å². The van der Waals surface area contributed by atoms with Gasteiger partial charge in [-0.25, -0.2) is 4.98 Å². The summed E-state index contributed by atoms with van der Waals surface area (Å²) in [7, 11) is 2.00. The molecule has 0 spiro atoms. The Morgan fingerprint density at radius 2 is 1.58 bits per heavy atom. The first kappa shape index (κ1) is 14.7. The van der Waals surface area contributed by atoms with Crippen LogP contribution < -0.4 is 10.2 Å². The summed E-state index contributed by atoms with van der Waals surface area (Å²) in [6, 6.07) is 23.0. The molecule has 24 heavy (non-hydrogen) atoms. The summed E-state index contributed by atoms with van der Waals surface area (Å²) in [5, 5.41) is 3.49. The third-order valence-corrected chi connectivity index (χ3v) is 4.16. The number of hydrogen-bond acceptors (Lipinski definition) is 4. The first-order chi connectivity index (χ1) is 11.8. The van der Waals surface area contributed by atoms with Crippen LogP contribution in [0.3, 0.4) is 0 Å². The van der Waals surface area contributed by atoms with E-state index in [4.69, 9.17) is 9.97 Å². The van der Waals surface area contributed by atoms with Crippen LogP contribution in [-0.2, 0) is 0 Å². The first-order valence-electron chi connectivity index (χ1n) is 8.29. The van der Waals surface area contributed by atoms with Gasteiger partial charge in [0.1, 0.15) is 5.82 Å². The monoisotopic (exact) mass is 316 g/mol. The van der Waals surface area contributed by atoms with Crippen LogP contribution >= 0.6 is 0 Å². The fraction of sp³-hybridized carbons (Fsp3) is 0.200. The molecule has 0 amide bonds. The van der Waals surface area contributed by atoms with Crippen LogP contribution in [0.4, 0.5) is 17.5 Å². The molecule has 1 aliphatic rings. The normalized spacial score (nSPS) is 13.5. The maximum atomic E-state index is 4.78. The molecule has 1 N–H and O–H groups in total. The van der Waals surface area contributed by atoms with Gasteiger partial charge in [0, 0.05) is 30.4 Å². The number of para-hydroxylation sites is 1. The summed E-state index contributed by atoms with van der Waals surface area (Å²) < 4.78 is 0. The summed E-state index contributed by atoms with van der Waals surface area (Å²) in [4.78, 5) is 11.5. The Bertz CT molecular complexity index is 814. The molecule has 0 radical (unpaired) electrons. The van der Waals surface area contributed by atoms with Gasteiger partial charge in [0.25, 0.3) is 0 Å². The van der Waals surface area contributed by atoms with E-state index in [1.54, 1.807) is 0 Å². The summed E-state index contributed by atoms with van der Waals surface area (Å²) in [5.74, 6) is 1.59. The van der Waals surface area contributed by atoms with Gasteiger partial charge < -0.3 is 10.2 Å². The van der Waals surface area contributed by atoms with Crippen molar-refractivity contribution in [2.45, 2.75) is 18.9 Å². The topological polar surface area (TPSA) is 41.1 Å². The molecule has 0 aliphatic heterocycles. The average molecular weight is 316 g/mol. The van der Waals surface area contributed by atoms with Gasteiger partial charge in [-0.1, -0.05) is 48.5 Å². The number of rotatable bonds is 5. The molecular formula is C20H20N4. The summed E-state index contributed by atoms with van der Waals surface area (Å²) in [6.45, 7) is 0.